The molecule has 20 heavy (non-hydrogen) atoms. The van der Waals surface area contributed by atoms with Gasteiger partial charge in [-0.15, -0.1) is 0 Å². The second-order valence-corrected chi connectivity index (χ2v) is 5.63. The highest BCUT2D eigenvalue weighted by Gasteiger charge is 2.13. The van der Waals surface area contributed by atoms with Gasteiger partial charge in [-0.3, -0.25) is 4.79 Å². The predicted molar refractivity (Wildman–Crippen MR) is 87.6 cm³/mol. The van der Waals surface area contributed by atoms with E-state index in [1.807, 2.05) is 68.4 Å². The molecule has 0 radical (unpaired) electrons. The van der Waals surface area contributed by atoms with Crippen LogP contribution in [-0.2, 0) is 0 Å². The van der Waals surface area contributed by atoms with E-state index in [2.05, 4.69) is 21.2 Å². The molecule has 0 saturated carbocycles. The van der Waals surface area contributed by atoms with Gasteiger partial charge in [0.05, 0.1) is 11.4 Å². The number of nitrogens with one attached hydrogen (secondary N) is 1. The van der Waals surface area contributed by atoms with Crippen molar-refractivity contribution in [3.05, 3.63) is 58.1 Å². The Hall–Kier alpha value is -1.81. The van der Waals surface area contributed by atoms with E-state index in [1.54, 1.807) is 0 Å². The van der Waals surface area contributed by atoms with Crippen LogP contribution in [-0.4, -0.2) is 20.0 Å². The van der Waals surface area contributed by atoms with Gasteiger partial charge in [0.15, 0.2) is 0 Å². The average Bonchev–Trinajstić information content (AvgIpc) is 2.42. The molecule has 0 atom stereocenters. The minimum atomic E-state index is -0.0990. The number of nitrogens with zero attached hydrogens (tertiary/aromatic N) is 1. The Morgan fingerprint density at radius 1 is 1.10 bits per heavy atom. The lowest BCUT2D eigenvalue weighted by Gasteiger charge is -2.18. The number of carbonyl (C=O) groups is 1. The van der Waals surface area contributed by atoms with Crippen molar-refractivity contribution in [1.29, 1.82) is 0 Å². The van der Waals surface area contributed by atoms with Gasteiger partial charge in [0, 0.05) is 24.1 Å². The monoisotopic (exact) mass is 332 g/mol. The number of anilines is 2. The molecule has 0 aliphatic heterocycles. The van der Waals surface area contributed by atoms with Crippen molar-refractivity contribution in [2.75, 3.05) is 24.3 Å². The second kappa shape index (κ2) is 6.09. The number of rotatable bonds is 3. The summed E-state index contributed by atoms with van der Waals surface area (Å²) in [5.41, 5.74) is 3.40. The van der Waals surface area contributed by atoms with Crippen LogP contribution in [0.25, 0.3) is 0 Å². The zero-order valence-corrected chi connectivity index (χ0v) is 13.4. The Bertz CT molecular complexity index is 638. The summed E-state index contributed by atoms with van der Waals surface area (Å²) in [6.07, 6.45) is 0. The summed E-state index contributed by atoms with van der Waals surface area (Å²) in [5.74, 6) is -0.0990. The molecular weight excluding hydrogens is 316 g/mol. The zero-order chi connectivity index (χ0) is 14.7. The minimum Gasteiger partial charge on any atom is -0.376 e. The Labute approximate surface area is 127 Å². The molecule has 0 saturated heterocycles. The molecule has 0 aliphatic rings. The van der Waals surface area contributed by atoms with Gasteiger partial charge in [-0.1, -0.05) is 34.1 Å². The van der Waals surface area contributed by atoms with Gasteiger partial charge in [0.2, 0.25) is 0 Å². The molecule has 0 unspecified atom stereocenters. The highest BCUT2D eigenvalue weighted by molar-refractivity contribution is 9.10. The number of halogens is 1. The molecule has 1 N–H and O–H groups in total. The summed E-state index contributed by atoms with van der Waals surface area (Å²) in [6.45, 7) is 1.93. The first-order valence-corrected chi connectivity index (χ1v) is 7.13. The summed E-state index contributed by atoms with van der Waals surface area (Å²) in [6, 6.07) is 13.4. The quantitative estimate of drug-likeness (QED) is 0.918. The smallest absolute Gasteiger partial charge is 0.256 e. The molecule has 3 nitrogen and oxygen atoms in total. The fraction of sp³-hybridized carbons (Fsp3) is 0.188. The molecule has 0 heterocycles. The molecule has 2 aromatic rings. The Balaban J connectivity index is 2.31. The molecule has 0 aliphatic carbocycles. The number of benzene rings is 2. The summed E-state index contributed by atoms with van der Waals surface area (Å²) < 4.78 is 0.936. The molecule has 4 heteroatoms. The third-order valence-corrected chi connectivity index (χ3v) is 4.01. The van der Waals surface area contributed by atoms with Crippen LogP contribution in [0.4, 0.5) is 11.4 Å². The summed E-state index contributed by atoms with van der Waals surface area (Å²) >= 11 is 3.45. The summed E-state index contributed by atoms with van der Waals surface area (Å²) in [5, 5.41) is 2.97. The second-order valence-electron chi connectivity index (χ2n) is 4.78. The first kappa shape index (κ1) is 14.6. The van der Waals surface area contributed by atoms with Crippen LogP contribution in [0.5, 0.6) is 0 Å². The third kappa shape index (κ3) is 3.02. The Morgan fingerprint density at radius 2 is 1.80 bits per heavy atom. The van der Waals surface area contributed by atoms with E-state index in [4.69, 9.17) is 0 Å². The normalized spacial score (nSPS) is 10.2. The molecular formula is C16H17BrN2O. The van der Waals surface area contributed by atoms with Gasteiger partial charge in [-0.2, -0.15) is 0 Å². The first-order valence-electron chi connectivity index (χ1n) is 6.33. The first-order chi connectivity index (χ1) is 9.50. The Morgan fingerprint density at radius 3 is 2.50 bits per heavy atom. The van der Waals surface area contributed by atoms with Crippen LogP contribution >= 0.6 is 15.9 Å². The third-order valence-electron chi connectivity index (χ3n) is 3.15. The molecule has 2 aromatic carbocycles. The van der Waals surface area contributed by atoms with E-state index in [-0.39, 0.29) is 5.91 Å². The van der Waals surface area contributed by atoms with E-state index in [1.165, 1.54) is 0 Å². The molecule has 2 rings (SSSR count). The lowest BCUT2D eigenvalue weighted by molar-refractivity contribution is 0.102. The summed E-state index contributed by atoms with van der Waals surface area (Å²) in [4.78, 5) is 14.4. The molecule has 0 aromatic heterocycles. The van der Waals surface area contributed by atoms with Gasteiger partial charge in [-0.25, -0.2) is 0 Å². The van der Waals surface area contributed by atoms with E-state index in [9.17, 15) is 4.79 Å². The van der Waals surface area contributed by atoms with E-state index in [0.29, 0.717) is 5.56 Å². The van der Waals surface area contributed by atoms with Crippen LogP contribution in [0.1, 0.15) is 15.9 Å². The fourth-order valence-corrected chi connectivity index (χ4v) is 2.38. The van der Waals surface area contributed by atoms with Crippen molar-refractivity contribution in [3.63, 3.8) is 0 Å². The van der Waals surface area contributed by atoms with E-state index < -0.39 is 0 Å². The number of amides is 1. The van der Waals surface area contributed by atoms with Gasteiger partial charge in [-0.05, 0) is 36.8 Å². The number of hydrogen-bond acceptors (Lipinski definition) is 2. The van der Waals surface area contributed by atoms with Crippen molar-refractivity contribution in [2.24, 2.45) is 0 Å². The van der Waals surface area contributed by atoms with Crippen molar-refractivity contribution in [3.8, 4) is 0 Å². The lowest BCUT2D eigenvalue weighted by atomic mass is 10.1. The van der Waals surface area contributed by atoms with Gasteiger partial charge >= 0.3 is 0 Å². The maximum Gasteiger partial charge on any atom is 0.256 e. The maximum absolute atomic E-state index is 12.4. The molecule has 0 spiro atoms. The van der Waals surface area contributed by atoms with Crippen molar-refractivity contribution in [1.82, 2.24) is 0 Å². The molecule has 0 fully saturated rings. The minimum absolute atomic E-state index is 0.0990. The highest BCUT2D eigenvalue weighted by atomic mass is 79.9. The SMILES string of the molecule is Cc1c(Br)cccc1C(=O)Nc1ccccc1N(C)C. The Kier molecular flexibility index (Phi) is 4.45. The number of hydrogen-bond donors (Lipinski definition) is 1. The maximum atomic E-state index is 12.4. The van der Waals surface area contributed by atoms with E-state index in [0.717, 1.165) is 21.4 Å². The van der Waals surface area contributed by atoms with Crippen LogP contribution in [0.2, 0.25) is 0 Å². The predicted octanol–water partition coefficient (Wildman–Crippen LogP) is 4.08. The molecule has 1 amide bonds. The summed E-state index contributed by atoms with van der Waals surface area (Å²) in [7, 11) is 3.91. The van der Waals surface area contributed by atoms with E-state index >= 15 is 0 Å². The van der Waals surface area contributed by atoms with Crippen LogP contribution < -0.4 is 10.2 Å². The van der Waals surface area contributed by atoms with Gasteiger partial charge in [0.25, 0.3) is 5.91 Å². The topological polar surface area (TPSA) is 32.3 Å². The zero-order valence-electron chi connectivity index (χ0n) is 11.8. The van der Waals surface area contributed by atoms with Crippen molar-refractivity contribution < 1.29 is 4.79 Å². The van der Waals surface area contributed by atoms with Gasteiger partial charge in [0.1, 0.15) is 0 Å². The number of carbonyl (C=O) groups excluding carboxylic acids is 1. The fourth-order valence-electron chi connectivity index (χ4n) is 2.01. The largest absolute Gasteiger partial charge is 0.376 e. The van der Waals surface area contributed by atoms with Gasteiger partial charge < -0.3 is 10.2 Å². The van der Waals surface area contributed by atoms with Crippen molar-refractivity contribution in [2.45, 2.75) is 6.92 Å². The number of para-hydroxylation sites is 2. The molecule has 104 valence electrons. The van der Waals surface area contributed by atoms with Crippen molar-refractivity contribution >= 4 is 33.2 Å². The molecule has 0 bridgehead atoms. The van der Waals surface area contributed by atoms with Crippen LogP contribution in [0.15, 0.2) is 46.9 Å². The standard InChI is InChI=1S/C16H17BrN2O/c1-11-12(7-6-8-13(11)17)16(20)18-14-9-4-5-10-15(14)19(2)3/h4-10H,1-3H3,(H,18,20). The highest BCUT2D eigenvalue weighted by Crippen LogP contribution is 2.25. The lowest BCUT2D eigenvalue weighted by Crippen LogP contribution is -2.17. The average molecular weight is 333 g/mol. The van der Waals surface area contributed by atoms with Crippen LogP contribution in [0.3, 0.4) is 0 Å². The van der Waals surface area contributed by atoms with Crippen LogP contribution in [0, 0.1) is 6.92 Å².